The molecule has 2 aromatic carbocycles. The van der Waals surface area contributed by atoms with Crippen molar-refractivity contribution in [1.82, 2.24) is 27.3 Å². The van der Waals surface area contributed by atoms with E-state index in [1.807, 2.05) is 48.7 Å². The van der Waals surface area contributed by atoms with Crippen LogP contribution in [-0.4, -0.2) is 60.8 Å². The molecule has 0 N–H and O–H groups in total. The van der Waals surface area contributed by atoms with Gasteiger partial charge in [-0.05, 0) is 73.9 Å². The summed E-state index contributed by atoms with van der Waals surface area (Å²) < 4.78 is 20.6. The van der Waals surface area contributed by atoms with E-state index in [9.17, 15) is 9.59 Å². The van der Waals surface area contributed by atoms with Gasteiger partial charge in [-0.25, -0.2) is 0 Å². The minimum absolute atomic E-state index is 0.0537. The molecule has 8 nitrogen and oxygen atoms in total. The molecule has 1 aliphatic carbocycles. The van der Waals surface area contributed by atoms with Crippen LogP contribution in [0, 0.1) is 11.8 Å². The third kappa shape index (κ3) is 8.54. The van der Waals surface area contributed by atoms with Crippen molar-refractivity contribution in [3.63, 3.8) is 0 Å². The van der Waals surface area contributed by atoms with Crippen molar-refractivity contribution in [1.29, 1.82) is 0 Å². The molecule has 2 amide bonds. The van der Waals surface area contributed by atoms with Crippen molar-refractivity contribution >= 4 is 149 Å². The summed E-state index contributed by atoms with van der Waals surface area (Å²) in [5.74, 6) is 1.07. The lowest BCUT2D eigenvalue weighted by Gasteiger charge is -2.37. The predicted molar refractivity (Wildman–Crippen MR) is 288 cm³/mol. The zero-order chi connectivity index (χ0) is 45.6. The summed E-state index contributed by atoms with van der Waals surface area (Å²) in [6, 6.07) is 13.6. The van der Waals surface area contributed by atoms with Crippen molar-refractivity contribution in [3.8, 4) is 30.6 Å². The van der Waals surface area contributed by atoms with Crippen LogP contribution in [-0.2, 0) is 15.0 Å². The van der Waals surface area contributed by atoms with Gasteiger partial charge in [-0.15, -0.1) is 22.7 Å². The fourth-order valence-corrected chi connectivity index (χ4v) is 16.5. The molecule has 2 saturated heterocycles. The Labute approximate surface area is 417 Å². The van der Waals surface area contributed by atoms with E-state index in [1.54, 1.807) is 9.80 Å². The summed E-state index contributed by atoms with van der Waals surface area (Å²) >= 11 is 20.0. The summed E-state index contributed by atoms with van der Waals surface area (Å²) in [4.78, 5) is 36.1. The number of nitrogens with zero attached hydrogens (tertiary/aromatic N) is 6. The number of benzene rings is 2. The lowest BCUT2D eigenvalue weighted by molar-refractivity contribution is -0.122. The van der Waals surface area contributed by atoms with E-state index in [-0.39, 0.29) is 17.2 Å². The largest absolute Gasteiger partial charge is 0.293 e. The predicted octanol–water partition coefficient (Wildman–Crippen LogP) is 15.1. The van der Waals surface area contributed by atoms with Crippen LogP contribution >= 0.6 is 94.1 Å². The molecule has 16 heteroatoms. The zero-order valence-corrected chi connectivity index (χ0v) is 44.1. The summed E-state index contributed by atoms with van der Waals surface area (Å²) in [7, 11) is 0. The Kier molecular flexibility index (Phi) is 14.3. The molecule has 0 spiro atoms. The summed E-state index contributed by atoms with van der Waals surface area (Å²) in [6.45, 7) is 14.4. The van der Waals surface area contributed by atoms with Gasteiger partial charge in [-0.3, -0.25) is 19.4 Å². The Morgan fingerprint density at radius 2 is 1.03 bits per heavy atom. The number of carbonyl (C=O) groups excluding carboxylic acids is 2. The maximum atomic E-state index is 13.2. The molecular formula is C49H52N6O2S8. The highest BCUT2D eigenvalue weighted by molar-refractivity contribution is 8.27. The van der Waals surface area contributed by atoms with Gasteiger partial charge in [0.05, 0.1) is 33.3 Å². The highest BCUT2D eigenvalue weighted by Gasteiger charge is 2.48. The molecule has 2 atom stereocenters. The molecule has 3 aliphatic rings. The topological polar surface area (TPSA) is 92.2 Å². The molecule has 6 aromatic rings. The quantitative estimate of drug-likeness (QED) is 0.0612. The standard InChI is InChI=1S/C49H52N6O2S8/c1-7-13-15-27(9-3)25-49(26-28(10-4)16-14-8-2)33-23-35(31-19-17-29(39-41(31)52-64-50-39)21-37-45(56)54(11-5)47(58)62-37)60-43(33)44-34(49)24-36(61-44)32-20-18-30(40-42(32)53-65-51-40)22-38-46(57)55(12-6)48(59)63-38/h17-24,27-28H,7-16,25-26H2,1-6H3/b37-21-,38-22-. The SMILES string of the molecule is CCCCC(CC)CC1(CC(CC)CCCC)c2cc(-c3ccc(/C=C4\SC(=S)N(CC)C4=O)c4nsnc34)sc2-c2sc(-c3ccc(/C=C4\SC(=S)N(CC)C4=O)c4nsnc34)cc21. The third-order valence-corrected chi connectivity index (χ3v) is 19.8. The number of likely N-dealkylation sites (N-methyl/N-ethyl adjacent to an activating group) is 2. The molecule has 4 aromatic heterocycles. The lowest BCUT2D eigenvalue weighted by atomic mass is 9.65. The minimum atomic E-state index is -0.155. The van der Waals surface area contributed by atoms with Gasteiger partial charge >= 0.3 is 0 Å². The molecule has 0 bridgehead atoms. The number of thiophene rings is 2. The van der Waals surface area contributed by atoms with E-state index in [4.69, 9.17) is 41.9 Å². The van der Waals surface area contributed by atoms with Gasteiger partial charge in [0.1, 0.15) is 30.7 Å². The third-order valence-electron chi connectivity index (χ3n) is 13.4. The monoisotopic (exact) mass is 1010 g/mol. The van der Waals surface area contributed by atoms with Crippen LogP contribution in [0.4, 0.5) is 0 Å². The first kappa shape index (κ1) is 46.9. The number of hydrogen-bond acceptors (Lipinski definition) is 14. The Morgan fingerprint density at radius 3 is 1.40 bits per heavy atom. The molecule has 2 fully saturated rings. The van der Waals surface area contributed by atoms with Crippen LogP contribution in [0.1, 0.15) is 128 Å². The first-order chi connectivity index (χ1) is 31.6. The smallest absolute Gasteiger partial charge is 0.266 e. The van der Waals surface area contributed by atoms with Crippen LogP contribution in [0.15, 0.2) is 46.2 Å². The number of unbranched alkanes of at least 4 members (excludes halogenated alkanes) is 2. The van der Waals surface area contributed by atoms with Crippen molar-refractivity contribution in [3.05, 3.63) is 68.5 Å². The van der Waals surface area contributed by atoms with Crippen molar-refractivity contribution in [2.75, 3.05) is 13.1 Å². The maximum absolute atomic E-state index is 13.2. The number of rotatable bonds is 18. The first-order valence-corrected chi connectivity index (χ1v) is 28.4. The van der Waals surface area contributed by atoms with Crippen molar-refractivity contribution in [2.45, 2.75) is 111 Å². The van der Waals surface area contributed by atoms with Gasteiger partial charge in [-0.1, -0.05) is 151 Å². The minimum Gasteiger partial charge on any atom is -0.293 e. The first-order valence-electron chi connectivity index (χ1n) is 22.9. The van der Waals surface area contributed by atoms with Crippen LogP contribution in [0.3, 0.4) is 0 Å². The highest BCUT2D eigenvalue weighted by atomic mass is 32.2. The fourth-order valence-electron chi connectivity index (χ4n) is 9.87. The highest BCUT2D eigenvalue weighted by Crippen LogP contribution is 2.63. The van der Waals surface area contributed by atoms with E-state index >= 15 is 0 Å². The number of amides is 2. The van der Waals surface area contributed by atoms with E-state index in [0.717, 1.165) is 70.0 Å². The molecule has 9 rings (SSSR count). The van der Waals surface area contributed by atoms with Crippen LogP contribution in [0.2, 0.25) is 0 Å². The van der Waals surface area contributed by atoms with Gasteiger partial charge in [0, 0.05) is 60.3 Å². The molecule has 6 heterocycles. The van der Waals surface area contributed by atoms with Crippen molar-refractivity contribution < 1.29 is 9.59 Å². The number of hydrogen-bond donors (Lipinski definition) is 0. The molecule has 65 heavy (non-hydrogen) atoms. The average Bonchev–Trinajstić information content (AvgIpc) is 4.18. The Morgan fingerprint density at radius 1 is 0.615 bits per heavy atom. The van der Waals surface area contributed by atoms with E-state index in [1.165, 1.54) is 116 Å². The zero-order valence-electron chi connectivity index (χ0n) is 37.5. The molecule has 2 unspecified atom stereocenters. The normalized spacial score (nSPS) is 18.1. The second-order valence-corrected chi connectivity index (χ2v) is 23.7. The maximum Gasteiger partial charge on any atom is 0.266 e. The molecule has 0 radical (unpaired) electrons. The molecule has 2 aliphatic heterocycles. The van der Waals surface area contributed by atoms with E-state index in [0.29, 0.717) is 43.4 Å². The van der Waals surface area contributed by atoms with Crippen LogP contribution < -0.4 is 0 Å². The second-order valence-electron chi connectivity index (χ2n) is 17.2. The van der Waals surface area contributed by atoms with Crippen LogP contribution in [0.5, 0.6) is 0 Å². The van der Waals surface area contributed by atoms with Crippen molar-refractivity contribution in [2.24, 2.45) is 11.8 Å². The van der Waals surface area contributed by atoms with Gasteiger partial charge in [-0.2, -0.15) is 17.5 Å². The molecule has 338 valence electrons. The van der Waals surface area contributed by atoms with Gasteiger partial charge in [0.25, 0.3) is 11.8 Å². The summed E-state index contributed by atoms with van der Waals surface area (Å²) in [5, 5.41) is 0. The Balaban J connectivity index is 1.19. The molecule has 0 saturated carbocycles. The lowest BCUT2D eigenvalue weighted by Crippen LogP contribution is -2.31. The van der Waals surface area contributed by atoms with E-state index < -0.39 is 0 Å². The van der Waals surface area contributed by atoms with Gasteiger partial charge < -0.3 is 0 Å². The van der Waals surface area contributed by atoms with Gasteiger partial charge in [0.2, 0.25) is 0 Å². The fraction of sp³-hybridized carbons (Fsp3) is 0.429. The Bertz CT molecular complexity index is 2710. The second kappa shape index (κ2) is 19.8. The number of thiocarbonyl (C=S) groups is 2. The number of thioether (sulfide) groups is 2. The van der Waals surface area contributed by atoms with E-state index in [2.05, 4.69) is 64.1 Å². The van der Waals surface area contributed by atoms with Gasteiger partial charge in [0.15, 0.2) is 0 Å². The number of fused-ring (bicyclic) bond motifs is 5. The Hall–Kier alpha value is -3.22. The average molecular weight is 1010 g/mol. The van der Waals surface area contributed by atoms with Crippen LogP contribution in [0.25, 0.3) is 64.9 Å². The number of carbonyl (C=O) groups is 2. The number of aromatic nitrogens is 4. The molecular weight excluding hydrogens is 961 g/mol. The summed E-state index contributed by atoms with van der Waals surface area (Å²) in [5.41, 5.74) is 10.1. The summed E-state index contributed by atoms with van der Waals surface area (Å²) in [6.07, 6.45) is 15.7.